The molecule has 5 rings (SSSR count). The van der Waals surface area contributed by atoms with Crippen LogP contribution in [0.1, 0.15) is 48.0 Å². The molecule has 0 N–H and O–H groups in total. The van der Waals surface area contributed by atoms with Crippen LogP contribution in [0.4, 0.5) is 5.82 Å². The van der Waals surface area contributed by atoms with Gasteiger partial charge in [0.2, 0.25) is 5.76 Å². The number of amides is 1. The van der Waals surface area contributed by atoms with Gasteiger partial charge in [0.1, 0.15) is 17.2 Å². The molecule has 0 radical (unpaired) electrons. The molecule has 0 saturated carbocycles. The number of pyridine rings is 1. The van der Waals surface area contributed by atoms with E-state index in [0.717, 1.165) is 12.0 Å². The number of hydrogen-bond acceptors (Lipinski definition) is 5. The highest BCUT2D eigenvalue weighted by Crippen LogP contribution is 2.41. The Hall–Kier alpha value is -3.64. The third-order valence-electron chi connectivity index (χ3n) is 5.87. The topological polar surface area (TPSA) is 72.6 Å². The summed E-state index contributed by atoms with van der Waals surface area (Å²) >= 11 is 6.03. The maximum Gasteiger partial charge on any atom is 0.296 e. The molecule has 4 aromatic rings. The van der Waals surface area contributed by atoms with Crippen molar-refractivity contribution >= 4 is 34.3 Å². The molecule has 1 aliphatic heterocycles. The molecule has 3 heterocycles. The molecule has 1 amide bonds. The number of rotatable bonds is 6. The number of anilines is 1. The van der Waals surface area contributed by atoms with Crippen LogP contribution in [0, 0.1) is 5.92 Å². The van der Waals surface area contributed by atoms with Gasteiger partial charge in [0.05, 0.1) is 28.6 Å². The maximum atomic E-state index is 13.6. The van der Waals surface area contributed by atoms with Crippen LogP contribution in [-0.4, -0.2) is 17.5 Å². The SMILES string of the molecule is CC(C)CCOc1cccc([C@H]2c3c(oc4ccccc4c3=O)C(=O)N2c2ccc(Cl)cn2)c1. The number of fused-ring (bicyclic) bond motifs is 2. The largest absolute Gasteiger partial charge is 0.494 e. The number of ether oxygens (including phenoxy) is 1. The van der Waals surface area contributed by atoms with Crippen molar-refractivity contribution in [3.8, 4) is 5.75 Å². The highest BCUT2D eigenvalue weighted by atomic mass is 35.5. The summed E-state index contributed by atoms with van der Waals surface area (Å²) in [5.74, 6) is 1.17. The van der Waals surface area contributed by atoms with Gasteiger partial charge in [-0.3, -0.25) is 14.5 Å². The Bertz CT molecular complexity index is 1430. The van der Waals surface area contributed by atoms with Gasteiger partial charge in [0.15, 0.2) is 5.43 Å². The molecule has 0 fully saturated rings. The number of hydrogen-bond donors (Lipinski definition) is 0. The van der Waals surface area contributed by atoms with Crippen LogP contribution in [0.25, 0.3) is 11.0 Å². The molecule has 0 bridgehead atoms. The normalized spacial score (nSPS) is 15.2. The minimum Gasteiger partial charge on any atom is -0.494 e. The van der Waals surface area contributed by atoms with Crippen molar-refractivity contribution in [3.05, 3.63) is 99.0 Å². The summed E-state index contributed by atoms with van der Waals surface area (Å²) in [6.45, 7) is 4.86. The summed E-state index contributed by atoms with van der Waals surface area (Å²) in [5.41, 5.74) is 1.15. The average Bonchev–Trinajstić information content (AvgIpc) is 3.12. The Kier molecular flexibility index (Phi) is 5.84. The lowest BCUT2D eigenvalue weighted by atomic mass is 9.98. The van der Waals surface area contributed by atoms with Crippen molar-refractivity contribution in [2.45, 2.75) is 26.3 Å². The molecule has 0 unspecified atom stereocenters. The number of halogens is 1. The summed E-state index contributed by atoms with van der Waals surface area (Å²) in [4.78, 5) is 33.0. The van der Waals surface area contributed by atoms with Gasteiger partial charge in [0, 0.05) is 6.20 Å². The van der Waals surface area contributed by atoms with Crippen LogP contribution in [0.15, 0.2) is 76.1 Å². The summed E-state index contributed by atoms with van der Waals surface area (Å²) < 4.78 is 11.9. The van der Waals surface area contributed by atoms with Crippen molar-refractivity contribution < 1.29 is 13.9 Å². The Labute approximate surface area is 201 Å². The molecule has 34 heavy (non-hydrogen) atoms. The fourth-order valence-electron chi connectivity index (χ4n) is 4.17. The van der Waals surface area contributed by atoms with Gasteiger partial charge in [-0.05, 0) is 54.3 Å². The van der Waals surface area contributed by atoms with Crippen LogP contribution in [0.5, 0.6) is 5.75 Å². The van der Waals surface area contributed by atoms with Gasteiger partial charge in [0.25, 0.3) is 5.91 Å². The highest BCUT2D eigenvalue weighted by Gasteiger charge is 2.44. The second-order valence-electron chi connectivity index (χ2n) is 8.69. The highest BCUT2D eigenvalue weighted by molar-refractivity contribution is 6.30. The van der Waals surface area contributed by atoms with E-state index in [4.69, 9.17) is 20.8 Å². The van der Waals surface area contributed by atoms with E-state index in [1.54, 1.807) is 36.4 Å². The minimum atomic E-state index is -0.717. The van der Waals surface area contributed by atoms with Crippen LogP contribution in [-0.2, 0) is 0 Å². The predicted molar refractivity (Wildman–Crippen MR) is 132 cm³/mol. The lowest BCUT2D eigenvalue weighted by molar-refractivity contribution is 0.0970. The van der Waals surface area contributed by atoms with Crippen LogP contribution >= 0.6 is 11.6 Å². The number of para-hydroxylation sites is 1. The Morgan fingerprint density at radius 1 is 1.09 bits per heavy atom. The quantitative estimate of drug-likeness (QED) is 0.342. The van der Waals surface area contributed by atoms with Crippen molar-refractivity contribution in [3.63, 3.8) is 0 Å². The van der Waals surface area contributed by atoms with Crippen LogP contribution in [0.2, 0.25) is 5.02 Å². The van der Waals surface area contributed by atoms with Gasteiger partial charge >= 0.3 is 0 Å². The molecule has 172 valence electrons. The van der Waals surface area contributed by atoms with E-state index in [-0.39, 0.29) is 11.2 Å². The Balaban J connectivity index is 1.67. The second kappa shape index (κ2) is 8.95. The summed E-state index contributed by atoms with van der Waals surface area (Å²) in [7, 11) is 0. The van der Waals surface area contributed by atoms with Crippen LogP contribution in [0.3, 0.4) is 0 Å². The zero-order valence-electron chi connectivity index (χ0n) is 18.8. The summed E-state index contributed by atoms with van der Waals surface area (Å²) in [6.07, 6.45) is 2.40. The molecule has 1 atom stereocenters. The Morgan fingerprint density at radius 2 is 1.91 bits per heavy atom. The van der Waals surface area contributed by atoms with Gasteiger partial charge in [-0.25, -0.2) is 4.98 Å². The monoisotopic (exact) mass is 474 g/mol. The standard InChI is InChI=1S/C27H23ClN2O4/c1-16(2)12-13-33-19-7-5-6-17(14-19)24-23-25(31)20-8-3-4-9-21(20)34-26(23)27(32)30(24)22-11-10-18(28)15-29-22/h3-11,14-16,24H,12-13H2,1-2H3/t24-/m0/s1. The van der Waals surface area contributed by atoms with Gasteiger partial charge in [-0.15, -0.1) is 0 Å². The molecule has 1 aliphatic rings. The molecule has 7 heteroatoms. The summed E-state index contributed by atoms with van der Waals surface area (Å²) in [5, 5.41) is 0.874. The van der Waals surface area contributed by atoms with Crippen molar-refractivity contribution in [2.75, 3.05) is 11.5 Å². The number of benzene rings is 2. The van der Waals surface area contributed by atoms with E-state index in [1.165, 1.54) is 11.1 Å². The number of aromatic nitrogens is 1. The van der Waals surface area contributed by atoms with Crippen molar-refractivity contribution in [2.24, 2.45) is 5.92 Å². The van der Waals surface area contributed by atoms with E-state index in [1.807, 2.05) is 24.3 Å². The minimum absolute atomic E-state index is 0.0246. The fourth-order valence-corrected chi connectivity index (χ4v) is 4.28. The fraction of sp³-hybridized carbons (Fsp3) is 0.222. The van der Waals surface area contributed by atoms with Gasteiger partial charge in [-0.2, -0.15) is 0 Å². The predicted octanol–water partition coefficient (Wildman–Crippen LogP) is 6.02. The molecular weight excluding hydrogens is 452 g/mol. The third-order valence-corrected chi connectivity index (χ3v) is 6.10. The van der Waals surface area contributed by atoms with E-state index >= 15 is 0 Å². The lowest BCUT2D eigenvalue weighted by Gasteiger charge is -2.24. The molecule has 0 spiro atoms. The number of carbonyl (C=O) groups excluding carboxylic acids is 1. The average molecular weight is 475 g/mol. The second-order valence-corrected chi connectivity index (χ2v) is 9.12. The van der Waals surface area contributed by atoms with E-state index < -0.39 is 11.9 Å². The third kappa shape index (κ3) is 3.94. The molecular formula is C27H23ClN2O4. The lowest BCUT2D eigenvalue weighted by Crippen LogP contribution is -2.30. The maximum absolute atomic E-state index is 13.6. The molecule has 0 aliphatic carbocycles. The molecule has 2 aromatic carbocycles. The van der Waals surface area contributed by atoms with E-state index in [0.29, 0.717) is 45.6 Å². The van der Waals surface area contributed by atoms with Gasteiger partial charge in [-0.1, -0.05) is 49.7 Å². The first-order chi connectivity index (χ1) is 16.4. The van der Waals surface area contributed by atoms with E-state index in [9.17, 15) is 9.59 Å². The Morgan fingerprint density at radius 3 is 2.68 bits per heavy atom. The first-order valence-corrected chi connectivity index (χ1v) is 11.6. The van der Waals surface area contributed by atoms with Gasteiger partial charge < -0.3 is 9.15 Å². The van der Waals surface area contributed by atoms with E-state index in [2.05, 4.69) is 18.8 Å². The first-order valence-electron chi connectivity index (χ1n) is 11.2. The first kappa shape index (κ1) is 22.2. The summed E-state index contributed by atoms with van der Waals surface area (Å²) in [6, 6.07) is 17.0. The number of nitrogens with zero attached hydrogens (tertiary/aromatic N) is 2. The zero-order valence-corrected chi connectivity index (χ0v) is 19.6. The molecule has 6 nitrogen and oxygen atoms in total. The van der Waals surface area contributed by atoms with Crippen LogP contribution < -0.4 is 15.1 Å². The van der Waals surface area contributed by atoms with Crippen molar-refractivity contribution in [1.29, 1.82) is 0 Å². The molecule has 0 saturated heterocycles. The smallest absolute Gasteiger partial charge is 0.296 e. The number of carbonyl (C=O) groups is 1. The molecule has 2 aromatic heterocycles. The van der Waals surface area contributed by atoms with Crippen molar-refractivity contribution in [1.82, 2.24) is 4.98 Å². The zero-order chi connectivity index (χ0) is 23.8.